The molecule has 1 aromatic rings. The third kappa shape index (κ3) is 2.70. The summed E-state index contributed by atoms with van der Waals surface area (Å²) in [7, 11) is -4.06. The molecule has 0 fully saturated rings. The Morgan fingerprint density at radius 2 is 2.19 bits per heavy atom. The van der Waals surface area contributed by atoms with Crippen molar-refractivity contribution in [1.82, 2.24) is 4.72 Å². The van der Waals surface area contributed by atoms with Crippen LogP contribution in [0.15, 0.2) is 23.1 Å². The molecule has 0 aliphatic carbocycles. The van der Waals surface area contributed by atoms with E-state index in [1.165, 1.54) is 19.1 Å². The number of sulfonamides is 1. The summed E-state index contributed by atoms with van der Waals surface area (Å²) in [5.74, 6) is -1.03. The van der Waals surface area contributed by atoms with E-state index in [9.17, 15) is 12.8 Å². The van der Waals surface area contributed by atoms with Crippen LogP contribution in [0.4, 0.5) is 4.39 Å². The molecule has 16 heavy (non-hydrogen) atoms. The second kappa shape index (κ2) is 4.78. The van der Waals surface area contributed by atoms with Gasteiger partial charge in [0, 0.05) is 0 Å². The van der Waals surface area contributed by atoms with Crippen LogP contribution >= 0.6 is 11.6 Å². The third-order valence-corrected chi connectivity index (χ3v) is 3.58. The van der Waals surface area contributed by atoms with Crippen molar-refractivity contribution in [2.45, 2.75) is 17.9 Å². The van der Waals surface area contributed by atoms with Crippen LogP contribution in [0.2, 0.25) is 5.02 Å². The zero-order valence-electron chi connectivity index (χ0n) is 8.24. The van der Waals surface area contributed by atoms with Crippen LogP contribution in [0.3, 0.4) is 0 Å². The molecule has 0 aliphatic rings. The Morgan fingerprint density at radius 3 is 2.75 bits per heavy atom. The molecule has 1 N–H and O–H groups in total. The quantitative estimate of drug-likeness (QED) is 0.901. The van der Waals surface area contributed by atoms with E-state index in [0.29, 0.717) is 0 Å². The molecule has 0 saturated heterocycles. The normalized spacial score (nSPS) is 13.1. The van der Waals surface area contributed by atoms with E-state index in [4.69, 9.17) is 16.9 Å². The summed E-state index contributed by atoms with van der Waals surface area (Å²) in [5, 5.41) is 8.19. The number of nitrogens with one attached hydrogen (secondary N) is 1. The van der Waals surface area contributed by atoms with Crippen LogP contribution in [0.1, 0.15) is 6.92 Å². The van der Waals surface area contributed by atoms with E-state index in [1.54, 1.807) is 6.07 Å². The molecule has 1 atom stereocenters. The third-order valence-electron chi connectivity index (χ3n) is 1.73. The first-order chi connectivity index (χ1) is 7.38. The topological polar surface area (TPSA) is 70.0 Å². The number of nitrogens with zero attached hydrogens (tertiary/aromatic N) is 1. The van der Waals surface area contributed by atoms with Crippen molar-refractivity contribution >= 4 is 21.6 Å². The van der Waals surface area contributed by atoms with Crippen LogP contribution in [0, 0.1) is 17.1 Å². The average molecular weight is 263 g/mol. The molecule has 1 aromatic carbocycles. The van der Waals surface area contributed by atoms with Gasteiger partial charge in [0.1, 0.15) is 10.9 Å². The smallest absolute Gasteiger partial charge is 0.207 e. The highest BCUT2D eigenvalue weighted by Crippen LogP contribution is 2.21. The molecule has 0 aromatic heterocycles. The highest BCUT2D eigenvalue weighted by atomic mass is 35.5. The Labute approximate surface area is 97.7 Å². The van der Waals surface area contributed by atoms with Crippen molar-refractivity contribution < 1.29 is 12.8 Å². The Kier molecular flexibility index (Phi) is 3.86. The molecule has 86 valence electrons. The van der Waals surface area contributed by atoms with Crippen LogP contribution in [-0.2, 0) is 10.0 Å². The lowest BCUT2D eigenvalue weighted by Crippen LogP contribution is -2.32. The Balaban J connectivity index is 3.19. The number of nitriles is 1. The fourth-order valence-electron chi connectivity index (χ4n) is 1.01. The number of benzene rings is 1. The predicted octanol–water partition coefficient (Wildman–Crippen LogP) is 1.67. The Morgan fingerprint density at radius 1 is 1.56 bits per heavy atom. The molecule has 0 aliphatic heterocycles. The average Bonchev–Trinajstić information content (AvgIpc) is 2.21. The summed E-state index contributed by atoms with van der Waals surface area (Å²) < 4.78 is 38.6. The van der Waals surface area contributed by atoms with Crippen molar-refractivity contribution in [2.24, 2.45) is 0 Å². The number of hydrogen-bond donors (Lipinski definition) is 1. The summed E-state index contributed by atoms with van der Waals surface area (Å²) in [4.78, 5) is -0.567. The summed E-state index contributed by atoms with van der Waals surface area (Å²) in [5.41, 5.74) is 0. The van der Waals surface area contributed by atoms with Crippen molar-refractivity contribution in [1.29, 1.82) is 5.26 Å². The van der Waals surface area contributed by atoms with Crippen molar-refractivity contribution in [3.05, 3.63) is 29.0 Å². The fraction of sp³-hybridized carbons (Fsp3) is 0.222. The van der Waals surface area contributed by atoms with Crippen molar-refractivity contribution in [3.63, 3.8) is 0 Å². The van der Waals surface area contributed by atoms with Gasteiger partial charge in [-0.05, 0) is 19.1 Å². The van der Waals surface area contributed by atoms with Gasteiger partial charge < -0.3 is 0 Å². The number of hydrogen-bond acceptors (Lipinski definition) is 3. The predicted molar refractivity (Wildman–Crippen MR) is 56.8 cm³/mol. The lowest BCUT2D eigenvalue weighted by atomic mass is 10.3. The molecule has 0 bridgehead atoms. The van der Waals surface area contributed by atoms with Crippen LogP contribution < -0.4 is 4.72 Å². The Hall–Kier alpha value is -1.16. The first kappa shape index (κ1) is 12.9. The highest BCUT2D eigenvalue weighted by molar-refractivity contribution is 7.89. The lowest BCUT2D eigenvalue weighted by Gasteiger charge is -2.09. The largest absolute Gasteiger partial charge is 0.244 e. The number of rotatable bonds is 3. The van der Waals surface area contributed by atoms with Crippen LogP contribution in [0.5, 0.6) is 0 Å². The second-order valence-corrected chi connectivity index (χ2v) is 5.11. The monoisotopic (exact) mass is 262 g/mol. The van der Waals surface area contributed by atoms with Gasteiger partial charge in [0.15, 0.2) is 5.82 Å². The number of halogens is 2. The summed E-state index contributed by atoms with van der Waals surface area (Å²) in [6.07, 6.45) is 0. The molecule has 0 saturated carbocycles. The van der Waals surface area contributed by atoms with Crippen LogP contribution in [0.25, 0.3) is 0 Å². The maximum Gasteiger partial charge on any atom is 0.244 e. The summed E-state index contributed by atoms with van der Waals surface area (Å²) in [6.45, 7) is 1.35. The SMILES string of the molecule is C[C@@H](C#N)NS(=O)(=O)c1cccc(Cl)c1F. The van der Waals surface area contributed by atoms with Gasteiger partial charge >= 0.3 is 0 Å². The van der Waals surface area contributed by atoms with Gasteiger partial charge in [-0.2, -0.15) is 9.98 Å². The molecule has 0 amide bonds. The van der Waals surface area contributed by atoms with Crippen molar-refractivity contribution in [2.75, 3.05) is 0 Å². The van der Waals surface area contributed by atoms with Gasteiger partial charge in [-0.15, -0.1) is 0 Å². The summed E-state index contributed by atoms with van der Waals surface area (Å²) in [6, 6.07) is 4.37. The van der Waals surface area contributed by atoms with E-state index in [0.717, 1.165) is 6.07 Å². The molecular weight excluding hydrogens is 255 g/mol. The minimum Gasteiger partial charge on any atom is -0.207 e. The zero-order valence-corrected chi connectivity index (χ0v) is 9.81. The van der Waals surface area contributed by atoms with E-state index in [-0.39, 0.29) is 5.02 Å². The van der Waals surface area contributed by atoms with Gasteiger partial charge in [0.2, 0.25) is 10.0 Å². The minimum atomic E-state index is -4.06. The van der Waals surface area contributed by atoms with Gasteiger partial charge in [-0.3, -0.25) is 0 Å². The van der Waals surface area contributed by atoms with Gasteiger partial charge in [0.25, 0.3) is 0 Å². The summed E-state index contributed by atoms with van der Waals surface area (Å²) >= 11 is 5.46. The van der Waals surface area contributed by atoms with Crippen LogP contribution in [-0.4, -0.2) is 14.5 Å². The standard InChI is InChI=1S/C9H8ClFN2O2S/c1-6(5-12)13-16(14,15)8-4-2-3-7(10)9(8)11/h2-4,6,13H,1H3/t6-/m0/s1. The fourth-order valence-corrected chi connectivity index (χ4v) is 2.49. The maximum absolute atomic E-state index is 13.4. The van der Waals surface area contributed by atoms with E-state index in [1.807, 2.05) is 4.72 Å². The molecule has 1 rings (SSSR count). The molecule has 4 nitrogen and oxygen atoms in total. The van der Waals surface area contributed by atoms with E-state index >= 15 is 0 Å². The molecule has 0 heterocycles. The van der Waals surface area contributed by atoms with Gasteiger partial charge in [0.05, 0.1) is 11.1 Å². The first-order valence-electron chi connectivity index (χ1n) is 4.24. The first-order valence-corrected chi connectivity index (χ1v) is 6.10. The molecule has 0 unspecified atom stereocenters. The molecule has 0 radical (unpaired) electrons. The zero-order chi connectivity index (χ0) is 12.3. The minimum absolute atomic E-state index is 0.285. The highest BCUT2D eigenvalue weighted by Gasteiger charge is 2.22. The Bertz CT molecular complexity index is 539. The lowest BCUT2D eigenvalue weighted by molar-refractivity contribution is 0.554. The van der Waals surface area contributed by atoms with E-state index < -0.39 is 26.8 Å². The van der Waals surface area contributed by atoms with E-state index in [2.05, 4.69) is 0 Å². The maximum atomic E-state index is 13.4. The molecular formula is C9H8ClFN2O2S. The molecule has 0 spiro atoms. The van der Waals surface area contributed by atoms with Gasteiger partial charge in [-0.1, -0.05) is 17.7 Å². The van der Waals surface area contributed by atoms with Crippen molar-refractivity contribution in [3.8, 4) is 6.07 Å². The van der Waals surface area contributed by atoms with Gasteiger partial charge in [-0.25, -0.2) is 12.8 Å². The second-order valence-electron chi connectivity index (χ2n) is 3.02. The molecule has 7 heteroatoms.